The van der Waals surface area contributed by atoms with Gasteiger partial charge >= 0.3 is 0 Å². The fourth-order valence-electron chi connectivity index (χ4n) is 3.85. The molecule has 0 unspecified atom stereocenters. The van der Waals surface area contributed by atoms with E-state index < -0.39 is 0 Å². The standard InChI is InChI=1S/C15H24O2/c1-11(16)14-5-8-15(9-6-14,10-7-14)12(17)13(2,3)4/h5-10H2,1-4H3. The zero-order valence-electron chi connectivity index (χ0n) is 11.6. The fourth-order valence-corrected chi connectivity index (χ4v) is 3.85. The van der Waals surface area contributed by atoms with Gasteiger partial charge in [-0.05, 0) is 45.4 Å². The first-order chi connectivity index (χ1) is 7.72. The van der Waals surface area contributed by atoms with Crippen molar-refractivity contribution < 1.29 is 9.59 Å². The maximum absolute atomic E-state index is 12.6. The molecule has 0 aliphatic heterocycles. The highest BCUT2D eigenvalue weighted by Crippen LogP contribution is 2.59. The fraction of sp³-hybridized carbons (Fsp3) is 0.867. The van der Waals surface area contributed by atoms with Crippen molar-refractivity contribution in [3.05, 3.63) is 0 Å². The van der Waals surface area contributed by atoms with E-state index in [0.29, 0.717) is 11.6 Å². The molecular formula is C15H24O2. The lowest BCUT2D eigenvalue weighted by Crippen LogP contribution is -2.51. The van der Waals surface area contributed by atoms with E-state index in [9.17, 15) is 9.59 Å². The average Bonchev–Trinajstić information content (AvgIpc) is 2.29. The molecule has 3 saturated carbocycles. The van der Waals surface area contributed by atoms with Crippen LogP contribution in [0.15, 0.2) is 0 Å². The highest BCUT2D eigenvalue weighted by atomic mass is 16.1. The van der Waals surface area contributed by atoms with Gasteiger partial charge in [-0.25, -0.2) is 0 Å². The van der Waals surface area contributed by atoms with E-state index in [1.807, 2.05) is 20.8 Å². The Kier molecular flexibility index (Phi) is 2.76. The van der Waals surface area contributed by atoms with Crippen molar-refractivity contribution in [2.24, 2.45) is 16.2 Å². The Morgan fingerprint density at radius 2 is 1.18 bits per heavy atom. The largest absolute Gasteiger partial charge is 0.299 e. The number of rotatable bonds is 2. The zero-order valence-corrected chi connectivity index (χ0v) is 11.6. The van der Waals surface area contributed by atoms with Gasteiger partial charge in [-0.3, -0.25) is 9.59 Å². The van der Waals surface area contributed by atoms with Crippen LogP contribution in [0.3, 0.4) is 0 Å². The van der Waals surface area contributed by atoms with Crippen molar-refractivity contribution in [1.82, 2.24) is 0 Å². The van der Waals surface area contributed by atoms with Crippen molar-refractivity contribution in [3.63, 3.8) is 0 Å². The average molecular weight is 236 g/mol. The number of Topliss-reactive ketones (excluding diaryl/α,β-unsaturated/α-hetero) is 2. The van der Waals surface area contributed by atoms with Gasteiger partial charge in [0.2, 0.25) is 0 Å². The summed E-state index contributed by atoms with van der Waals surface area (Å²) in [7, 11) is 0. The van der Waals surface area contributed by atoms with Gasteiger partial charge in [0.15, 0.2) is 0 Å². The van der Waals surface area contributed by atoms with E-state index >= 15 is 0 Å². The molecule has 0 atom stereocenters. The van der Waals surface area contributed by atoms with Gasteiger partial charge in [0.05, 0.1) is 0 Å². The predicted octanol–water partition coefficient (Wildman–Crippen LogP) is 3.53. The Morgan fingerprint density at radius 3 is 1.47 bits per heavy atom. The molecule has 0 aromatic heterocycles. The molecule has 0 aromatic carbocycles. The van der Waals surface area contributed by atoms with Gasteiger partial charge in [0.1, 0.15) is 11.6 Å². The molecule has 2 nitrogen and oxygen atoms in total. The third-order valence-corrected chi connectivity index (χ3v) is 5.16. The summed E-state index contributed by atoms with van der Waals surface area (Å²) in [4.78, 5) is 24.3. The quantitative estimate of drug-likeness (QED) is 0.735. The smallest absolute Gasteiger partial charge is 0.144 e. The Hall–Kier alpha value is -0.660. The summed E-state index contributed by atoms with van der Waals surface area (Å²) >= 11 is 0. The number of carbonyl (C=O) groups excluding carboxylic acids is 2. The number of carbonyl (C=O) groups is 2. The molecule has 0 heterocycles. The highest BCUT2D eigenvalue weighted by Gasteiger charge is 2.55. The van der Waals surface area contributed by atoms with Crippen LogP contribution in [-0.2, 0) is 9.59 Å². The van der Waals surface area contributed by atoms with Gasteiger partial charge in [-0.2, -0.15) is 0 Å². The Labute approximate surface area is 104 Å². The van der Waals surface area contributed by atoms with Gasteiger partial charge in [0.25, 0.3) is 0 Å². The van der Waals surface area contributed by atoms with Crippen LogP contribution in [-0.4, -0.2) is 11.6 Å². The molecule has 0 spiro atoms. The molecule has 3 fully saturated rings. The van der Waals surface area contributed by atoms with Crippen LogP contribution in [0.1, 0.15) is 66.2 Å². The molecule has 0 N–H and O–H groups in total. The normalized spacial score (nSPS) is 36.9. The molecule has 0 amide bonds. The van der Waals surface area contributed by atoms with Crippen LogP contribution in [0, 0.1) is 16.2 Å². The maximum Gasteiger partial charge on any atom is 0.144 e. The topological polar surface area (TPSA) is 34.1 Å². The van der Waals surface area contributed by atoms with Crippen LogP contribution in [0.4, 0.5) is 0 Å². The van der Waals surface area contributed by atoms with Crippen LogP contribution >= 0.6 is 0 Å². The first-order valence-electron chi connectivity index (χ1n) is 6.78. The molecule has 0 radical (unpaired) electrons. The van der Waals surface area contributed by atoms with Gasteiger partial charge in [0, 0.05) is 16.2 Å². The van der Waals surface area contributed by atoms with Crippen LogP contribution < -0.4 is 0 Å². The van der Waals surface area contributed by atoms with Gasteiger partial charge in [-0.15, -0.1) is 0 Å². The van der Waals surface area contributed by atoms with E-state index in [1.165, 1.54) is 0 Å². The molecule has 3 rings (SSSR count). The van der Waals surface area contributed by atoms with Crippen LogP contribution in [0.2, 0.25) is 0 Å². The minimum absolute atomic E-state index is 0.0695. The second-order valence-electron chi connectivity index (χ2n) is 7.20. The van der Waals surface area contributed by atoms with E-state index in [2.05, 4.69) is 0 Å². The van der Waals surface area contributed by atoms with E-state index in [0.717, 1.165) is 38.5 Å². The van der Waals surface area contributed by atoms with E-state index in [-0.39, 0.29) is 16.2 Å². The molecule has 2 heteroatoms. The Morgan fingerprint density at radius 1 is 0.824 bits per heavy atom. The molecule has 96 valence electrons. The highest BCUT2D eigenvalue weighted by molar-refractivity contribution is 5.91. The second-order valence-corrected chi connectivity index (χ2v) is 7.20. The van der Waals surface area contributed by atoms with Gasteiger partial charge < -0.3 is 0 Å². The maximum atomic E-state index is 12.6. The molecule has 3 aliphatic carbocycles. The zero-order chi connectivity index (χ0) is 12.9. The van der Waals surface area contributed by atoms with Crippen molar-refractivity contribution in [2.75, 3.05) is 0 Å². The molecule has 0 aromatic rings. The summed E-state index contributed by atoms with van der Waals surface area (Å²) < 4.78 is 0. The number of fused-ring (bicyclic) bond motifs is 3. The molecule has 3 aliphatic rings. The number of hydrogen-bond donors (Lipinski definition) is 0. The minimum Gasteiger partial charge on any atom is -0.299 e. The minimum atomic E-state index is -0.242. The number of ketones is 2. The first-order valence-corrected chi connectivity index (χ1v) is 6.78. The van der Waals surface area contributed by atoms with Gasteiger partial charge in [-0.1, -0.05) is 20.8 Å². The third-order valence-electron chi connectivity index (χ3n) is 5.16. The lowest BCUT2D eigenvalue weighted by molar-refractivity contribution is -0.152. The lowest BCUT2D eigenvalue weighted by atomic mass is 9.49. The van der Waals surface area contributed by atoms with Crippen LogP contribution in [0.25, 0.3) is 0 Å². The summed E-state index contributed by atoms with van der Waals surface area (Å²) in [5, 5.41) is 0. The SMILES string of the molecule is CC(=O)C12CCC(C(=O)C(C)(C)C)(CC1)CC2. The summed E-state index contributed by atoms with van der Waals surface area (Å²) in [6.07, 6.45) is 5.60. The van der Waals surface area contributed by atoms with Crippen LogP contribution in [0.5, 0.6) is 0 Å². The number of hydrogen-bond acceptors (Lipinski definition) is 2. The van der Waals surface area contributed by atoms with E-state index in [4.69, 9.17) is 0 Å². The predicted molar refractivity (Wildman–Crippen MR) is 67.7 cm³/mol. The van der Waals surface area contributed by atoms with Crippen molar-refractivity contribution in [3.8, 4) is 0 Å². The van der Waals surface area contributed by atoms with Crippen molar-refractivity contribution >= 4 is 11.6 Å². The lowest BCUT2D eigenvalue weighted by Gasteiger charge is -2.53. The summed E-state index contributed by atoms with van der Waals surface area (Å²) in [6, 6.07) is 0. The summed E-state index contributed by atoms with van der Waals surface area (Å²) in [6.45, 7) is 7.78. The summed E-state index contributed by atoms with van der Waals surface area (Å²) in [5.41, 5.74) is -0.414. The molecular weight excluding hydrogens is 212 g/mol. The molecule has 2 bridgehead atoms. The Bertz CT molecular complexity index is 335. The first kappa shape index (κ1) is 12.8. The molecule has 17 heavy (non-hydrogen) atoms. The second kappa shape index (κ2) is 3.66. The van der Waals surface area contributed by atoms with Crippen molar-refractivity contribution in [1.29, 1.82) is 0 Å². The molecule has 0 saturated heterocycles. The Balaban J connectivity index is 2.20. The third kappa shape index (κ3) is 1.86. The monoisotopic (exact) mass is 236 g/mol. The van der Waals surface area contributed by atoms with E-state index in [1.54, 1.807) is 6.92 Å². The summed E-state index contributed by atoms with van der Waals surface area (Å²) in [5.74, 6) is 0.760. The van der Waals surface area contributed by atoms with Crippen molar-refractivity contribution in [2.45, 2.75) is 66.2 Å².